The lowest BCUT2D eigenvalue weighted by Crippen LogP contribution is -2.30. The maximum absolute atomic E-state index is 10.1. The fraction of sp³-hybridized carbons (Fsp3) is 0.900. The highest BCUT2D eigenvalue weighted by molar-refractivity contribution is 7.98. The van der Waals surface area contributed by atoms with Gasteiger partial charge in [0.15, 0.2) is 0 Å². The molecule has 0 aliphatic heterocycles. The van der Waals surface area contributed by atoms with Gasteiger partial charge in [0.2, 0.25) is 0 Å². The second-order valence-corrected chi connectivity index (χ2v) is 4.68. The van der Waals surface area contributed by atoms with Crippen LogP contribution in [-0.4, -0.2) is 35.7 Å². The van der Waals surface area contributed by atoms with Gasteiger partial charge in [0.25, 0.3) is 0 Å². The summed E-state index contributed by atoms with van der Waals surface area (Å²) in [5.74, 6) is 0.673. The first-order valence-corrected chi connectivity index (χ1v) is 6.52. The van der Waals surface area contributed by atoms with Crippen molar-refractivity contribution in [2.24, 2.45) is 17.4 Å². The number of carboxylic acids is 1. The van der Waals surface area contributed by atoms with E-state index in [4.69, 9.17) is 16.6 Å². The number of hydrogen-bond acceptors (Lipinski definition) is 4. The molecule has 15 heavy (non-hydrogen) atoms. The summed E-state index contributed by atoms with van der Waals surface area (Å²) in [6, 6.07) is -0.683. The first kappa shape index (κ1) is 17.1. The zero-order valence-corrected chi connectivity index (χ0v) is 10.7. The van der Waals surface area contributed by atoms with Gasteiger partial charge in [-0.1, -0.05) is 13.8 Å². The molecular weight excluding hydrogens is 212 g/mol. The molecular formula is C10H24N2O2S. The lowest BCUT2D eigenvalue weighted by molar-refractivity contribution is -0.138. The Morgan fingerprint density at radius 2 is 1.93 bits per heavy atom. The van der Waals surface area contributed by atoms with Crippen molar-refractivity contribution < 1.29 is 9.90 Å². The van der Waals surface area contributed by atoms with Gasteiger partial charge in [-0.15, -0.1) is 0 Å². The second kappa shape index (κ2) is 11.8. The van der Waals surface area contributed by atoms with Crippen LogP contribution in [0, 0.1) is 5.92 Å². The van der Waals surface area contributed by atoms with Crippen LogP contribution in [-0.2, 0) is 4.79 Å². The van der Waals surface area contributed by atoms with Gasteiger partial charge in [0, 0.05) is 0 Å². The van der Waals surface area contributed by atoms with Crippen molar-refractivity contribution in [3.8, 4) is 0 Å². The molecule has 92 valence electrons. The normalized spacial score (nSPS) is 11.9. The molecule has 1 atom stereocenters. The molecule has 0 saturated carbocycles. The minimum atomic E-state index is -0.913. The van der Waals surface area contributed by atoms with Crippen molar-refractivity contribution in [1.82, 2.24) is 0 Å². The third-order valence-corrected chi connectivity index (χ3v) is 2.34. The van der Waals surface area contributed by atoms with Gasteiger partial charge in [-0.2, -0.15) is 11.8 Å². The van der Waals surface area contributed by atoms with Crippen LogP contribution in [0.5, 0.6) is 0 Å². The van der Waals surface area contributed by atoms with Crippen molar-refractivity contribution in [2.75, 3.05) is 18.6 Å². The molecule has 0 aromatic rings. The number of hydrogen-bond donors (Lipinski definition) is 3. The van der Waals surface area contributed by atoms with Gasteiger partial charge in [0.05, 0.1) is 0 Å². The summed E-state index contributed by atoms with van der Waals surface area (Å²) in [4.78, 5) is 10.1. The van der Waals surface area contributed by atoms with Crippen LogP contribution >= 0.6 is 11.8 Å². The van der Waals surface area contributed by atoms with E-state index in [2.05, 4.69) is 13.8 Å². The minimum Gasteiger partial charge on any atom is -0.480 e. The molecule has 0 radical (unpaired) electrons. The number of carbonyl (C=O) groups is 1. The Labute approximate surface area is 96.8 Å². The van der Waals surface area contributed by atoms with Gasteiger partial charge in [-0.25, -0.2) is 0 Å². The third kappa shape index (κ3) is 16.4. The SMILES string of the molecule is CC(C)CCN.CSCC[C@H](N)C(=O)O. The predicted molar refractivity (Wildman–Crippen MR) is 67.1 cm³/mol. The molecule has 0 aliphatic carbocycles. The largest absolute Gasteiger partial charge is 0.480 e. The number of carboxylic acid groups (broad SMARTS) is 1. The molecule has 0 aromatic carbocycles. The number of rotatable bonds is 6. The smallest absolute Gasteiger partial charge is 0.320 e. The first-order chi connectivity index (χ1) is 6.95. The second-order valence-electron chi connectivity index (χ2n) is 3.70. The van der Waals surface area contributed by atoms with E-state index < -0.39 is 12.0 Å². The topological polar surface area (TPSA) is 89.3 Å². The predicted octanol–water partition coefficient (Wildman–Crippen LogP) is 1.14. The molecule has 0 aliphatic rings. The van der Waals surface area contributed by atoms with Crippen LogP contribution in [0.2, 0.25) is 0 Å². The van der Waals surface area contributed by atoms with Gasteiger partial charge in [0.1, 0.15) is 6.04 Å². The fourth-order valence-corrected chi connectivity index (χ4v) is 1.19. The monoisotopic (exact) mass is 236 g/mol. The van der Waals surface area contributed by atoms with E-state index >= 15 is 0 Å². The molecule has 5 heteroatoms. The molecule has 0 fully saturated rings. The van der Waals surface area contributed by atoms with Crippen LogP contribution in [0.15, 0.2) is 0 Å². The average molecular weight is 236 g/mol. The molecule has 0 rings (SSSR count). The molecule has 0 heterocycles. The standard InChI is InChI=1S/C5H11NO2S.C5H13N/c1-9-3-2-4(6)5(7)8;1-5(2)3-4-6/h4H,2-3,6H2,1H3,(H,7,8);5H,3-4,6H2,1-2H3/t4-;/m0./s1. The van der Waals surface area contributed by atoms with E-state index in [1.807, 2.05) is 6.26 Å². The third-order valence-electron chi connectivity index (χ3n) is 1.69. The molecule has 0 aromatic heterocycles. The first-order valence-electron chi connectivity index (χ1n) is 5.13. The quantitative estimate of drug-likeness (QED) is 0.643. The van der Waals surface area contributed by atoms with Crippen molar-refractivity contribution in [2.45, 2.75) is 32.7 Å². The van der Waals surface area contributed by atoms with E-state index in [0.717, 1.165) is 24.6 Å². The summed E-state index contributed by atoms with van der Waals surface area (Å²) in [7, 11) is 0. The maximum atomic E-state index is 10.1. The Balaban J connectivity index is 0. The van der Waals surface area contributed by atoms with Gasteiger partial charge < -0.3 is 16.6 Å². The summed E-state index contributed by atoms with van der Waals surface area (Å²) in [6.07, 6.45) is 3.63. The van der Waals surface area contributed by atoms with Crippen molar-refractivity contribution in [3.63, 3.8) is 0 Å². The molecule has 0 unspecified atom stereocenters. The van der Waals surface area contributed by atoms with Crippen molar-refractivity contribution >= 4 is 17.7 Å². The Morgan fingerprint density at radius 3 is 2.13 bits per heavy atom. The summed E-state index contributed by atoms with van der Waals surface area (Å²) in [6.45, 7) is 5.18. The van der Waals surface area contributed by atoms with Crippen LogP contribution in [0.3, 0.4) is 0 Å². The summed E-state index contributed by atoms with van der Waals surface area (Å²) >= 11 is 1.60. The zero-order chi connectivity index (χ0) is 12.3. The highest BCUT2D eigenvalue weighted by Crippen LogP contribution is 1.97. The molecule has 0 amide bonds. The Bertz CT molecular complexity index is 154. The lowest BCUT2D eigenvalue weighted by Gasteiger charge is -2.02. The number of nitrogens with two attached hydrogens (primary N) is 2. The molecule has 0 saturated heterocycles. The highest BCUT2D eigenvalue weighted by Gasteiger charge is 2.08. The van der Waals surface area contributed by atoms with Crippen molar-refractivity contribution in [3.05, 3.63) is 0 Å². The molecule has 4 nitrogen and oxygen atoms in total. The van der Waals surface area contributed by atoms with Crippen LogP contribution in [0.25, 0.3) is 0 Å². The Hall–Kier alpha value is -0.260. The van der Waals surface area contributed by atoms with E-state index in [9.17, 15) is 4.79 Å². The molecule has 0 spiro atoms. The maximum Gasteiger partial charge on any atom is 0.320 e. The molecule has 0 bridgehead atoms. The van der Waals surface area contributed by atoms with E-state index in [1.54, 1.807) is 11.8 Å². The van der Waals surface area contributed by atoms with Gasteiger partial charge in [-0.05, 0) is 37.3 Å². The Kier molecular flexibility index (Phi) is 13.5. The molecule has 5 N–H and O–H groups in total. The van der Waals surface area contributed by atoms with E-state index in [-0.39, 0.29) is 0 Å². The highest BCUT2D eigenvalue weighted by atomic mass is 32.2. The number of thioether (sulfide) groups is 1. The zero-order valence-electron chi connectivity index (χ0n) is 9.90. The van der Waals surface area contributed by atoms with Crippen LogP contribution < -0.4 is 11.5 Å². The lowest BCUT2D eigenvalue weighted by atomic mass is 10.1. The van der Waals surface area contributed by atoms with E-state index in [0.29, 0.717) is 6.42 Å². The van der Waals surface area contributed by atoms with Crippen molar-refractivity contribution in [1.29, 1.82) is 0 Å². The van der Waals surface area contributed by atoms with Crippen LogP contribution in [0.4, 0.5) is 0 Å². The fourth-order valence-electron chi connectivity index (χ4n) is 0.702. The average Bonchev–Trinajstić information content (AvgIpc) is 2.14. The van der Waals surface area contributed by atoms with Gasteiger partial charge in [-0.3, -0.25) is 4.79 Å². The summed E-state index contributed by atoms with van der Waals surface area (Å²) in [5, 5.41) is 8.27. The number of aliphatic carboxylic acids is 1. The summed E-state index contributed by atoms with van der Waals surface area (Å²) in [5.41, 5.74) is 10.4. The minimum absolute atomic E-state index is 0.552. The van der Waals surface area contributed by atoms with E-state index in [1.165, 1.54) is 0 Å². The summed E-state index contributed by atoms with van der Waals surface area (Å²) < 4.78 is 0. The van der Waals surface area contributed by atoms with Crippen LogP contribution in [0.1, 0.15) is 26.7 Å². The van der Waals surface area contributed by atoms with Gasteiger partial charge >= 0.3 is 5.97 Å². The Morgan fingerprint density at radius 1 is 1.40 bits per heavy atom.